The van der Waals surface area contributed by atoms with Gasteiger partial charge in [0, 0.05) is 25.6 Å². The third-order valence-electron chi connectivity index (χ3n) is 2.78. The Bertz CT molecular complexity index is 875. The van der Waals surface area contributed by atoms with Crippen molar-refractivity contribution in [2.75, 3.05) is 17.1 Å². The fraction of sp³-hybridized carbons (Fsp3) is 0.0833. The van der Waals surface area contributed by atoms with Crippen molar-refractivity contribution in [2.24, 2.45) is 0 Å². The zero-order valence-electron chi connectivity index (χ0n) is 11.1. The largest absolute Gasteiger partial charge is 0.371 e. The lowest BCUT2D eigenvalue weighted by Gasteiger charge is -2.08. The summed E-state index contributed by atoms with van der Waals surface area (Å²) in [6.07, 6.45) is 5.84. The number of anilines is 2. The van der Waals surface area contributed by atoms with Crippen LogP contribution >= 0.6 is 0 Å². The van der Waals surface area contributed by atoms with Gasteiger partial charge in [-0.3, -0.25) is 14.1 Å². The first-order valence-electron chi connectivity index (χ1n) is 6.05. The Morgan fingerprint density at radius 2 is 2.10 bits per heavy atom. The molecule has 0 radical (unpaired) electrons. The molecule has 21 heavy (non-hydrogen) atoms. The van der Waals surface area contributed by atoms with E-state index in [4.69, 9.17) is 0 Å². The normalized spacial score (nSPS) is 11.5. The van der Waals surface area contributed by atoms with E-state index in [0.717, 1.165) is 0 Å². The SMILES string of the molecule is CNc1nc2ccccn2c1S(=O)(=O)Nc1cnccn1. The first kappa shape index (κ1) is 13.3. The average Bonchev–Trinajstić information content (AvgIpc) is 2.87. The Balaban J connectivity index is 2.14. The average molecular weight is 304 g/mol. The first-order valence-corrected chi connectivity index (χ1v) is 7.54. The van der Waals surface area contributed by atoms with Crippen LogP contribution in [0.25, 0.3) is 5.65 Å². The van der Waals surface area contributed by atoms with Gasteiger partial charge in [0.15, 0.2) is 11.6 Å². The summed E-state index contributed by atoms with van der Waals surface area (Å²) in [6.45, 7) is 0. The summed E-state index contributed by atoms with van der Waals surface area (Å²) in [7, 11) is -2.24. The molecule has 0 aliphatic carbocycles. The Hall–Kier alpha value is -2.68. The summed E-state index contributed by atoms with van der Waals surface area (Å²) in [5.74, 6) is 0.406. The topological polar surface area (TPSA) is 101 Å². The Morgan fingerprint density at radius 1 is 1.24 bits per heavy atom. The number of hydrogen-bond acceptors (Lipinski definition) is 6. The van der Waals surface area contributed by atoms with Gasteiger partial charge < -0.3 is 5.32 Å². The minimum atomic E-state index is -3.85. The van der Waals surface area contributed by atoms with Gasteiger partial charge >= 0.3 is 0 Å². The van der Waals surface area contributed by atoms with Gasteiger partial charge in [-0.1, -0.05) is 6.07 Å². The van der Waals surface area contributed by atoms with Crippen molar-refractivity contribution in [3.63, 3.8) is 0 Å². The molecular formula is C12H12N6O2S. The molecule has 2 N–H and O–H groups in total. The number of nitrogens with one attached hydrogen (secondary N) is 2. The maximum Gasteiger partial charge on any atom is 0.282 e. The Labute approximate surface area is 120 Å². The smallest absolute Gasteiger partial charge is 0.282 e. The molecule has 0 unspecified atom stereocenters. The van der Waals surface area contributed by atoms with E-state index < -0.39 is 10.0 Å². The highest BCUT2D eigenvalue weighted by Gasteiger charge is 2.25. The number of hydrogen-bond donors (Lipinski definition) is 2. The van der Waals surface area contributed by atoms with E-state index in [1.165, 1.54) is 23.0 Å². The van der Waals surface area contributed by atoms with E-state index in [1.807, 2.05) is 0 Å². The van der Waals surface area contributed by atoms with Crippen LogP contribution in [0.1, 0.15) is 0 Å². The maximum atomic E-state index is 12.6. The van der Waals surface area contributed by atoms with Crippen LogP contribution in [0.5, 0.6) is 0 Å². The Morgan fingerprint density at radius 3 is 2.81 bits per heavy atom. The number of nitrogens with zero attached hydrogens (tertiary/aromatic N) is 4. The van der Waals surface area contributed by atoms with Crippen molar-refractivity contribution in [2.45, 2.75) is 5.03 Å². The molecule has 9 heteroatoms. The Kier molecular flexibility index (Phi) is 3.18. The van der Waals surface area contributed by atoms with E-state index in [9.17, 15) is 8.42 Å². The third-order valence-corrected chi connectivity index (χ3v) is 4.16. The first-order chi connectivity index (χ1) is 10.1. The molecule has 0 spiro atoms. The van der Waals surface area contributed by atoms with Crippen LogP contribution in [0.3, 0.4) is 0 Å². The number of aromatic nitrogens is 4. The highest BCUT2D eigenvalue weighted by atomic mass is 32.2. The molecule has 0 saturated carbocycles. The zero-order valence-corrected chi connectivity index (χ0v) is 11.9. The van der Waals surface area contributed by atoms with Crippen LogP contribution in [-0.4, -0.2) is 34.8 Å². The summed E-state index contributed by atoms with van der Waals surface area (Å²) < 4.78 is 29.0. The number of sulfonamides is 1. The second kappa shape index (κ2) is 5.02. The number of imidazole rings is 1. The maximum absolute atomic E-state index is 12.6. The molecule has 0 amide bonds. The molecule has 3 aromatic heterocycles. The van der Waals surface area contributed by atoms with E-state index in [1.54, 1.807) is 31.4 Å². The minimum absolute atomic E-state index is 0.0197. The predicted octanol–water partition coefficient (Wildman–Crippen LogP) is 0.967. The van der Waals surface area contributed by atoms with Gasteiger partial charge in [-0.05, 0) is 12.1 Å². The summed E-state index contributed by atoms with van der Waals surface area (Å²) in [5, 5.41) is 2.81. The zero-order chi connectivity index (χ0) is 14.9. The summed E-state index contributed by atoms with van der Waals surface area (Å²) in [6, 6.07) is 5.24. The van der Waals surface area contributed by atoms with Gasteiger partial charge in [-0.2, -0.15) is 8.42 Å². The second-order valence-corrected chi connectivity index (χ2v) is 5.74. The van der Waals surface area contributed by atoms with Gasteiger partial charge in [0.25, 0.3) is 10.0 Å². The molecule has 3 aromatic rings. The number of pyridine rings is 1. The molecule has 0 bridgehead atoms. The minimum Gasteiger partial charge on any atom is -0.371 e. The lowest BCUT2D eigenvalue weighted by atomic mass is 10.5. The van der Waals surface area contributed by atoms with Crippen molar-refractivity contribution in [1.29, 1.82) is 0 Å². The summed E-state index contributed by atoms with van der Waals surface area (Å²) >= 11 is 0. The molecule has 0 fully saturated rings. The fourth-order valence-corrected chi connectivity index (χ4v) is 3.22. The molecule has 0 aliphatic rings. The molecule has 108 valence electrons. The lowest BCUT2D eigenvalue weighted by Crippen LogP contribution is -2.17. The van der Waals surface area contributed by atoms with Crippen LogP contribution in [0.2, 0.25) is 0 Å². The van der Waals surface area contributed by atoms with Crippen LogP contribution in [0.4, 0.5) is 11.6 Å². The van der Waals surface area contributed by atoms with Gasteiger partial charge in [0.05, 0.1) is 6.20 Å². The van der Waals surface area contributed by atoms with Crippen molar-refractivity contribution in [1.82, 2.24) is 19.4 Å². The van der Waals surface area contributed by atoms with Crippen molar-refractivity contribution in [3.8, 4) is 0 Å². The van der Waals surface area contributed by atoms with Gasteiger partial charge in [-0.15, -0.1) is 0 Å². The molecule has 0 saturated heterocycles. The van der Waals surface area contributed by atoms with Crippen LogP contribution in [0.15, 0.2) is 48.0 Å². The van der Waals surface area contributed by atoms with Crippen molar-refractivity contribution < 1.29 is 8.42 Å². The highest BCUT2D eigenvalue weighted by molar-refractivity contribution is 7.92. The third kappa shape index (κ3) is 2.38. The number of rotatable bonds is 4. The molecule has 3 rings (SSSR count). The van der Waals surface area contributed by atoms with Gasteiger partial charge in [0.1, 0.15) is 5.65 Å². The van der Waals surface area contributed by atoms with Crippen LogP contribution in [-0.2, 0) is 10.0 Å². The molecule has 0 atom stereocenters. The summed E-state index contributed by atoms with van der Waals surface area (Å²) in [4.78, 5) is 12.0. The molecule has 0 aromatic carbocycles. The van der Waals surface area contributed by atoms with E-state index >= 15 is 0 Å². The van der Waals surface area contributed by atoms with Crippen LogP contribution < -0.4 is 10.0 Å². The molecule has 0 aliphatic heterocycles. The highest BCUT2D eigenvalue weighted by Crippen LogP contribution is 2.23. The van der Waals surface area contributed by atoms with E-state index in [0.29, 0.717) is 5.65 Å². The molecule has 3 heterocycles. The van der Waals surface area contributed by atoms with Crippen LogP contribution in [0, 0.1) is 0 Å². The second-order valence-electron chi connectivity index (χ2n) is 4.14. The van der Waals surface area contributed by atoms with E-state index in [2.05, 4.69) is 25.0 Å². The molecular weight excluding hydrogens is 292 g/mol. The molecule has 8 nitrogen and oxygen atoms in total. The summed E-state index contributed by atoms with van der Waals surface area (Å²) in [5.41, 5.74) is 0.529. The van der Waals surface area contributed by atoms with Crippen molar-refractivity contribution >= 4 is 27.3 Å². The van der Waals surface area contributed by atoms with E-state index in [-0.39, 0.29) is 16.7 Å². The standard InChI is InChI=1S/C12H12N6O2S/c1-13-11-12(18-7-3-2-4-10(18)16-11)21(19,20)17-9-8-14-5-6-15-9/h2-8,13H,1H3,(H,15,17). The van der Waals surface area contributed by atoms with Gasteiger partial charge in [0.2, 0.25) is 5.03 Å². The van der Waals surface area contributed by atoms with Crippen molar-refractivity contribution in [3.05, 3.63) is 43.0 Å². The fourth-order valence-electron chi connectivity index (χ4n) is 1.93. The monoisotopic (exact) mass is 304 g/mol. The predicted molar refractivity (Wildman–Crippen MR) is 77.6 cm³/mol. The van der Waals surface area contributed by atoms with Gasteiger partial charge in [-0.25, -0.2) is 9.97 Å². The number of fused-ring (bicyclic) bond motifs is 1. The lowest BCUT2D eigenvalue weighted by molar-refractivity contribution is 0.596. The quantitative estimate of drug-likeness (QED) is 0.744.